The summed E-state index contributed by atoms with van der Waals surface area (Å²) in [5.41, 5.74) is 2.70. The van der Waals surface area contributed by atoms with E-state index in [2.05, 4.69) is 29.6 Å². The Morgan fingerprint density at radius 1 is 1.04 bits per heavy atom. The summed E-state index contributed by atoms with van der Waals surface area (Å²) >= 11 is 12.1. The molecule has 4 heteroatoms. The van der Waals surface area contributed by atoms with Crippen LogP contribution in [-0.4, -0.2) is 10.2 Å². The Morgan fingerprint density at radius 2 is 1.57 bits per heavy atom. The number of halogens is 2. The highest BCUT2D eigenvalue weighted by Gasteiger charge is 2.67. The summed E-state index contributed by atoms with van der Waals surface area (Å²) in [5, 5.41) is 3.01. The Morgan fingerprint density at radius 3 is 2.09 bits per heavy atom. The quantitative estimate of drug-likeness (QED) is 0.764. The second-order valence-electron chi connectivity index (χ2n) is 6.40. The first kappa shape index (κ1) is 16.4. The lowest BCUT2D eigenvalue weighted by atomic mass is 10.0. The van der Waals surface area contributed by atoms with Crippen LogP contribution in [0.25, 0.3) is 11.1 Å². The number of benzene rings is 2. The maximum absolute atomic E-state index is 12.3. The predicted octanol–water partition coefficient (Wildman–Crippen LogP) is 5.11. The molecule has 3 rings (SSSR count). The number of alkyl halides is 2. The van der Waals surface area contributed by atoms with Crippen LogP contribution in [0.3, 0.4) is 0 Å². The summed E-state index contributed by atoms with van der Waals surface area (Å²) in [5.74, 6) is -0.0952. The molecule has 0 radical (unpaired) electrons. The molecule has 0 aliphatic heterocycles. The van der Waals surface area contributed by atoms with Crippen LogP contribution >= 0.6 is 23.2 Å². The molecule has 0 heterocycles. The van der Waals surface area contributed by atoms with Gasteiger partial charge in [0.25, 0.3) is 0 Å². The van der Waals surface area contributed by atoms with Gasteiger partial charge in [-0.2, -0.15) is 0 Å². The Hall–Kier alpha value is -1.51. The Bertz CT molecular complexity index is 712. The minimum absolute atomic E-state index is 0.0890. The zero-order chi connectivity index (χ0) is 16.7. The van der Waals surface area contributed by atoms with Crippen LogP contribution in [0.15, 0.2) is 54.6 Å². The van der Waals surface area contributed by atoms with E-state index in [0.29, 0.717) is 6.42 Å². The number of rotatable bonds is 4. The molecule has 1 N–H and O–H groups in total. The fraction of sp³-hybridized carbons (Fsp3) is 0.316. The SMILES string of the molecule is C[C@H](NC(=O)[C@]1(C)CC1(Cl)Cl)c1ccc(-c2ccccc2)cc1. The maximum Gasteiger partial charge on any atom is 0.229 e. The van der Waals surface area contributed by atoms with Crippen LogP contribution in [0, 0.1) is 5.41 Å². The van der Waals surface area contributed by atoms with Gasteiger partial charge in [0.2, 0.25) is 5.91 Å². The molecule has 1 amide bonds. The van der Waals surface area contributed by atoms with Gasteiger partial charge in [-0.15, -0.1) is 23.2 Å². The molecule has 23 heavy (non-hydrogen) atoms. The molecule has 0 spiro atoms. The normalized spacial score (nSPS) is 23.1. The number of amides is 1. The fourth-order valence-corrected chi connectivity index (χ4v) is 3.39. The van der Waals surface area contributed by atoms with Gasteiger partial charge in [0.05, 0.1) is 11.5 Å². The second-order valence-corrected chi connectivity index (χ2v) is 7.88. The van der Waals surface area contributed by atoms with Crippen LogP contribution < -0.4 is 5.32 Å². The molecule has 0 saturated heterocycles. The molecule has 1 aliphatic rings. The first-order valence-electron chi connectivity index (χ1n) is 7.68. The Labute approximate surface area is 146 Å². The van der Waals surface area contributed by atoms with Crippen molar-refractivity contribution in [3.8, 4) is 11.1 Å². The van der Waals surface area contributed by atoms with Crippen molar-refractivity contribution in [3.05, 3.63) is 60.2 Å². The van der Waals surface area contributed by atoms with E-state index in [1.54, 1.807) is 6.92 Å². The first-order valence-corrected chi connectivity index (χ1v) is 8.43. The predicted molar refractivity (Wildman–Crippen MR) is 95.6 cm³/mol. The van der Waals surface area contributed by atoms with Crippen molar-refractivity contribution in [2.45, 2.75) is 30.6 Å². The maximum atomic E-state index is 12.3. The Kier molecular flexibility index (Phi) is 4.16. The molecule has 0 unspecified atom stereocenters. The van der Waals surface area contributed by atoms with Crippen molar-refractivity contribution in [1.29, 1.82) is 0 Å². The third-order valence-electron chi connectivity index (χ3n) is 4.62. The number of hydrogen-bond acceptors (Lipinski definition) is 1. The van der Waals surface area contributed by atoms with E-state index in [4.69, 9.17) is 23.2 Å². The average molecular weight is 348 g/mol. The summed E-state index contributed by atoms with van der Waals surface area (Å²) in [6.45, 7) is 3.76. The molecule has 0 bridgehead atoms. The highest BCUT2D eigenvalue weighted by molar-refractivity contribution is 6.53. The van der Waals surface area contributed by atoms with E-state index in [0.717, 1.165) is 11.1 Å². The summed E-state index contributed by atoms with van der Waals surface area (Å²) < 4.78 is -0.937. The third kappa shape index (κ3) is 3.11. The van der Waals surface area contributed by atoms with Crippen LogP contribution in [0.4, 0.5) is 0 Å². The van der Waals surface area contributed by atoms with Crippen molar-refractivity contribution in [2.75, 3.05) is 0 Å². The monoisotopic (exact) mass is 347 g/mol. The zero-order valence-corrected chi connectivity index (χ0v) is 14.7. The fourth-order valence-electron chi connectivity index (χ4n) is 2.68. The summed E-state index contributed by atoms with van der Waals surface area (Å²) in [4.78, 5) is 12.3. The molecule has 2 atom stereocenters. The highest BCUT2D eigenvalue weighted by Crippen LogP contribution is 2.63. The molecule has 1 saturated carbocycles. The minimum Gasteiger partial charge on any atom is -0.349 e. The molecule has 2 aromatic carbocycles. The van der Waals surface area contributed by atoms with Gasteiger partial charge in [0.1, 0.15) is 4.33 Å². The third-order valence-corrected chi connectivity index (χ3v) is 5.73. The van der Waals surface area contributed by atoms with Crippen LogP contribution in [0.1, 0.15) is 31.9 Å². The van der Waals surface area contributed by atoms with Crippen molar-refractivity contribution in [2.24, 2.45) is 5.41 Å². The van der Waals surface area contributed by atoms with Crippen LogP contribution in [-0.2, 0) is 4.79 Å². The smallest absolute Gasteiger partial charge is 0.229 e. The van der Waals surface area contributed by atoms with Crippen LogP contribution in [0.5, 0.6) is 0 Å². The van der Waals surface area contributed by atoms with E-state index < -0.39 is 9.75 Å². The standard InChI is InChI=1S/C19H19Cl2NO/c1-13(22-17(23)18(2)12-19(18,20)21)14-8-10-16(11-9-14)15-6-4-3-5-7-15/h3-11,13H,12H2,1-2H3,(H,22,23)/t13-,18-/m0/s1. The highest BCUT2D eigenvalue weighted by atomic mass is 35.5. The van der Waals surface area contributed by atoms with Crippen molar-refractivity contribution < 1.29 is 4.79 Å². The zero-order valence-electron chi connectivity index (χ0n) is 13.1. The van der Waals surface area contributed by atoms with E-state index in [1.807, 2.05) is 37.3 Å². The van der Waals surface area contributed by atoms with Gasteiger partial charge in [-0.1, -0.05) is 54.6 Å². The van der Waals surface area contributed by atoms with E-state index in [1.165, 1.54) is 5.56 Å². The van der Waals surface area contributed by atoms with Gasteiger partial charge in [0, 0.05) is 0 Å². The molecule has 1 aliphatic carbocycles. The topological polar surface area (TPSA) is 29.1 Å². The minimum atomic E-state index is -0.937. The molecular weight excluding hydrogens is 329 g/mol. The van der Waals surface area contributed by atoms with Gasteiger partial charge in [0.15, 0.2) is 0 Å². The molecule has 2 nitrogen and oxygen atoms in total. The van der Waals surface area contributed by atoms with Gasteiger partial charge in [-0.3, -0.25) is 4.79 Å². The van der Waals surface area contributed by atoms with E-state index in [-0.39, 0.29) is 11.9 Å². The largest absolute Gasteiger partial charge is 0.349 e. The van der Waals surface area contributed by atoms with Gasteiger partial charge in [-0.05, 0) is 37.0 Å². The van der Waals surface area contributed by atoms with Crippen molar-refractivity contribution in [3.63, 3.8) is 0 Å². The first-order chi connectivity index (χ1) is 10.8. The van der Waals surface area contributed by atoms with E-state index in [9.17, 15) is 4.79 Å². The Balaban J connectivity index is 1.69. The molecule has 120 valence electrons. The lowest BCUT2D eigenvalue weighted by Gasteiger charge is -2.19. The van der Waals surface area contributed by atoms with Gasteiger partial charge in [-0.25, -0.2) is 0 Å². The number of hydrogen-bond donors (Lipinski definition) is 1. The molecule has 1 fully saturated rings. The lowest BCUT2D eigenvalue weighted by Crippen LogP contribution is -2.35. The number of nitrogens with one attached hydrogen (secondary N) is 1. The summed E-state index contributed by atoms with van der Waals surface area (Å²) in [7, 11) is 0. The summed E-state index contributed by atoms with van der Waals surface area (Å²) in [6.07, 6.45) is 0.495. The van der Waals surface area contributed by atoms with E-state index >= 15 is 0 Å². The number of carbonyl (C=O) groups excluding carboxylic acids is 1. The van der Waals surface area contributed by atoms with Crippen molar-refractivity contribution in [1.82, 2.24) is 5.32 Å². The van der Waals surface area contributed by atoms with Gasteiger partial charge >= 0.3 is 0 Å². The summed E-state index contributed by atoms with van der Waals surface area (Å²) in [6, 6.07) is 18.3. The molecule has 2 aromatic rings. The van der Waals surface area contributed by atoms with Crippen molar-refractivity contribution >= 4 is 29.1 Å². The van der Waals surface area contributed by atoms with Crippen LogP contribution in [0.2, 0.25) is 0 Å². The number of carbonyl (C=O) groups is 1. The molecular formula is C19H19Cl2NO. The lowest BCUT2D eigenvalue weighted by molar-refractivity contribution is -0.126. The average Bonchev–Trinajstić information content (AvgIpc) is 3.08. The second kappa shape index (κ2) is 5.85. The molecule has 0 aromatic heterocycles. The van der Waals surface area contributed by atoms with Gasteiger partial charge < -0.3 is 5.32 Å².